The SMILES string of the molecule is C[C@@H]1CN(c2ccncc2NC(=O)c2ccc(F)c(-c3c(F)cccc3F)n2)C[C@@H](N)[C@@H]1O.Cl. The lowest BCUT2D eigenvalue weighted by atomic mass is 9.92. The van der Waals surface area contributed by atoms with Crippen LogP contribution in [0.3, 0.4) is 0 Å². The second-order valence-corrected chi connectivity index (χ2v) is 8.01. The molecule has 0 aliphatic carbocycles. The van der Waals surface area contributed by atoms with Crippen molar-refractivity contribution in [2.45, 2.75) is 19.1 Å². The van der Waals surface area contributed by atoms with Crippen molar-refractivity contribution in [2.75, 3.05) is 23.3 Å². The predicted octanol–water partition coefficient (Wildman–Crippen LogP) is 3.38. The van der Waals surface area contributed by atoms with Gasteiger partial charge in [-0.25, -0.2) is 18.2 Å². The molecule has 0 bridgehead atoms. The monoisotopic (exact) mass is 493 g/mol. The highest BCUT2D eigenvalue weighted by Gasteiger charge is 2.32. The maximum absolute atomic E-state index is 14.3. The van der Waals surface area contributed by atoms with Crippen LogP contribution in [0.1, 0.15) is 17.4 Å². The minimum Gasteiger partial charge on any atom is -0.391 e. The van der Waals surface area contributed by atoms with E-state index in [0.29, 0.717) is 24.5 Å². The Morgan fingerprint density at radius 3 is 2.50 bits per heavy atom. The molecule has 4 rings (SSSR count). The Morgan fingerprint density at radius 1 is 1.12 bits per heavy atom. The molecule has 1 fully saturated rings. The summed E-state index contributed by atoms with van der Waals surface area (Å²) >= 11 is 0. The third-order valence-electron chi connectivity index (χ3n) is 5.63. The molecule has 1 aliphatic heterocycles. The van der Waals surface area contributed by atoms with Gasteiger partial charge in [0.25, 0.3) is 5.91 Å². The number of benzene rings is 1. The molecule has 0 radical (unpaired) electrons. The zero-order chi connectivity index (χ0) is 23.7. The van der Waals surface area contributed by atoms with E-state index in [-0.39, 0.29) is 24.0 Å². The number of amides is 1. The van der Waals surface area contributed by atoms with Gasteiger partial charge in [-0.15, -0.1) is 12.4 Å². The van der Waals surface area contributed by atoms with Gasteiger partial charge in [0.1, 0.15) is 28.8 Å². The molecule has 1 aromatic carbocycles. The van der Waals surface area contributed by atoms with Gasteiger partial charge >= 0.3 is 0 Å². The molecule has 0 spiro atoms. The number of nitrogens with one attached hydrogen (secondary N) is 1. The molecular formula is C23H23ClF3N5O2. The normalized spacial score (nSPS) is 19.9. The molecular weight excluding hydrogens is 471 g/mol. The van der Waals surface area contributed by atoms with Crippen LogP contribution in [0.25, 0.3) is 11.3 Å². The lowest BCUT2D eigenvalue weighted by Gasteiger charge is -2.40. The summed E-state index contributed by atoms with van der Waals surface area (Å²) in [5, 5.41) is 12.8. The largest absolute Gasteiger partial charge is 0.391 e. The number of carbonyl (C=O) groups is 1. The first-order valence-corrected chi connectivity index (χ1v) is 10.3. The number of halogens is 4. The molecule has 3 aromatic rings. The van der Waals surface area contributed by atoms with Crippen molar-refractivity contribution >= 4 is 29.7 Å². The average Bonchev–Trinajstić information content (AvgIpc) is 2.78. The van der Waals surface area contributed by atoms with E-state index in [4.69, 9.17) is 5.73 Å². The number of nitrogens with two attached hydrogens (primary N) is 1. The number of rotatable bonds is 4. The van der Waals surface area contributed by atoms with E-state index in [1.807, 2.05) is 11.8 Å². The molecule has 7 nitrogen and oxygen atoms in total. The first kappa shape index (κ1) is 25.4. The Balaban J connectivity index is 0.00000324. The molecule has 34 heavy (non-hydrogen) atoms. The van der Waals surface area contributed by atoms with E-state index in [1.54, 1.807) is 12.3 Å². The summed E-state index contributed by atoms with van der Waals surface area (Å²) in [4.78, 5) is 22.8. The molecule has 1 saturated heterocycles. The summed E-state index contributed by atoms with van der Waals surface area (Å²) in [5.74, 6) is -3.76. The van der Waals surface area contributed by atoms with Crippen LogP contribution in [0.5, 0.6) is 0 Å². The molecule has 1 amide bonds. The molecule has 11 heteroatoms. The van der Waals surface area contributed by atoms with Gasteiger partial charge in [-0.1, -0.05) is 13.0 Å². The Kier molecular flexibility index (Phi) is 7.75. The average molecular weight is 494 g/mol. The van der Waals surface area contributed by atoms with Crippen molar-refractivity contribution in [1.82, 2.24) is 9.97 Å². The second kappa shape index (κ2) is 10.4. The van der Waals surface area contributed by atoms with E-state index >= 15 is 0 Å². The predicted molar refractivity (Wildman–Crippen MR) is 124 cm³/mol. The van der Waals surface area contributed by atoms with Crippen LogP contribution in [0.4, 0.5) is 24.5 Å². The van der Waals surface area contributed by atoms with Gasteiger partial charge < -0.3 is 21.1 Å². The number of pyridine rings is 2. The van der Waals surface area contributed by atoms with E-state index in [0.717, 1.165) is 30.3 Å². The number of nitrogens with zero attached hydrogens (tertiary/aromatic N) is 3. The van der Waals surface area contributed by atoms with Crippen LogP contribution in [-0.4, -0.2) is 46.2 Å². The zero-order valence-corrected chi connectivity index (χ0v) is 18.9. The van der Waals surface area contributed by atoms with Gasteiger partial charge in [0.15, 0.2) is 0 Å². The van der Waals surface area contributed by atoms with Crippen LogP contribution in [-0.2, 0) is 0 Å². The van der Waals surface area contributed by atoms with Gasteiger partial charge in [-0.3, -0.25) is 9.78 Å². The lowest BCUT2D eigenvalue weighted by Crippen LogP contribution is -2.55. The fourth-order valence-corrected chi connectivity index (χ4v) is 3.92. The molecule has 4 N–H and O–H groups in total. The van der Waals surface area contributed by atoms with E-state index < -0.39 is 46.8 Å². The van der Waals surface area contributed by atoms with Crippen molar-refractivity contribution in [1.29, 1.82) is 0 Å². The van der Waals surface area contributed by atoms with E-state index in [2.05, 4.69) is 15.3 Å². The van der Waals surface area contributed by atoms with Crippen LogP contribution in [0, 0.1) is 23.4 Å². The quantitative estimate of drug-likeness (QED) is 0.515. The summed E-state index contributed by atoms with van der Waals surface area (Å²) < 4.78 is 42.7. The van der Waals surface area contributed by atoms with Gasteiger partial charge in [-0.05, 0) is 30.3 Å². The number of hydrogen-bond acceptors (Lipinski definition) is 6. The zero-order valence-electron chi connectivity index (χ0n) is 18.1. The molecule has 180 valence electrons. The summed E-state index contributed by atoms with van der Waals surface area (Å²) in [6, 6.07) is 6.40. The van der Waals surface area contributed by atoms with E-state index in [1.165, 1.54) is 6.20 Å². The number of hydrogen-bond donors (Lipinski definition) is 3. The highest BCUT2D eigenvalue weighted by atomic mass is 35.5. The molecule has 3 heterocycles. The van der Waals surface area contributed by atoms with Crippen LogP contribution >= 0.6 is 12.4 Å². The number of aliphatic hydroxyl groups excluding tert-OH is 1. The number of aromatic nitrogens is 2. The van der Waals surface area contributed by atoms with E-state index in [9.17, 15) is 23.1 Å². The standard InChI is InChI=1S/C23H22F3N5O2.ClH/c1-12-10-31(11-16(27)22(12)32)19-7-8-28-9-18(19)30-23(33)17-6-5-15(26)21(29-17)20-13(24)3-2-4-14(20)25;/h2-9,12,16,22,32H,10-11,27H2,1H3,(H,30,33);1H/t12-,16-,22-;/m1./s1. The van der Waals surface area contributed by atoms with Crippen LogP contribution < -0.4 is 16.0 Å². The number of aliphatic hydroxyl groups is 1. The smallest absolute Gasteiger partial charge is 0.274 e. The van der Waals surface area contributed by atoms with Crippen molar-refractivity contribution in [3.63, 3.8) is 0 Å². The summed E-state index contributed by atoms with van der Waals surface area (Å²) in [6.07, 6.45) is 2.36. The first-order chi connectivity index (χ1) is 15.8. The highest BCUT2D eigenvalue weighted by Crippen LogP contribution is 2.30. The number of piperidine rings is 1. The van der Waals surface area contributed by atoms with Gasteiger partial charge in [-0.2, -0.15) is 0 Å². The highest BCUT2D eigenvalue weighted by molar-refractivity contribution is 6.04. The lowest BCUT2D eigenvalue weighted by molar-refractivity contribution is 0.0785. The third kappa shape index (κ3) is 4.98. The Morgan fingerprint density at radius 2 is 1.82 bits per heavy atom. The maximum atomic E-state index is 14.3. The van der Waals surface area contributed by atoms with Crippen LogP contribution in [0.2, 0.25) is 0 Å². The fourth-order valence-electron chi connectivity index (χ4n) is 3.92. The topological polar surface area (TPSA) is 104 Å². The van der Waals surface area contributed by atoms with Gasteiger partial charge in [0.05, 0.1) is 29.2 Å². The Hall–Kier alpha value is -3.21. The van der Waals surface area contributed by atoms with Crippen molar-refractivity contribution in [2.24, 2.45) is 11.7 Å². The van der Waals surface area contributed by atoms with Crippen molar-refractivity contribution in [3.05, 3.63) is 71.9 Å². The van der Waals surface area contributed by atoms with Gasteiger partial charge in [0.2, 0.25) is 0 Å². The minimum atomic E-state index is -0.994. The van der Waals surface area contributed by atoms with Crippen molar-refractivity contribution < 1.29 is 23.1 Å². The number of carbonyl (C=O) groups excluding carboxylic acids is 1. The van der Waals surface area contributed by atoms with Crippen molar-refractivity contribution in [3.8, 4) is 11.3 Å². The number of anilines is 2. The summed E-state index contributed by atoms with van der Waals surface area (Å²) in [7, 11) is 0. The molecule has 1 aliphatic rings. The Bertz CT molecular complexity index is 1170. The molecule has 0 unspecified atom stereocenters. The first-order valence-electron chi connectivity index (χ1n) is 10.3. The summed E-state index contributed by atoms with van der Waals surface area (Å²) in [6.45, 7) is 2.75. The molecule has 3 atom stereocenters. The third-order valence-corrected chi connectivity index (χ3v) is 5.63. The van der Waals surface area contributed by atoms with Gasteiger partial charge in [0, 0.05) is 31.2 Å². The fraction of sp³-hybridized carbons (Fsp3) is 0.261. The summed E-state index contributed by atoms with van der Waals surface area (Å²) in [5.41, 5.74) is 5.55. The molecule has 0 saturated carbocycles. The second-order valence-electron chi connectivity index (χ2n) is 8.01. The Labute approximate surface area is 200 Å². The molecule has 2 aromatic heterocycles. The minimum absolute atomic E-state index is 0. The van der Waals surface area contributed by atoms with Crippen LogP contribution in [0.15, 0.2) is 48.8 Å². The maximum Gasteiger partial charge on any atom is 0.274 e.